The lowest BCUT2D eigenvalue weighted by atomic mass is 10.1. The van der Waals surface area contributed by atoms with E-state index in [1.807, 2.05) is 16.8 Å². The van der Waals surface area contributed by atoms with Crippen LogP contribution in [-0.2, 0) is 4.74 Å². The molecule has 4 heteroatoms. The average molecular weight is 215 g/mol. The number of alkyl halides is 1. The van der Waals surface area contributed by atoms with Gasteiger partial charge < -0.3 is 4.74 Å². The number of ether oxygens (including phenoxy) is 1. The first-order chi connectivity index (χ1) is 6.92. The second kappa shape index (κ2) is 4.87. The van der Waals surface area contributed by atoms with Gasteiger partial charge in [0, 0.05) is 13.1 Å². The van der Waals surface area contributed by atoms with Crippen LogP contribution in [0, 0.1) is 0 Å². The minimum Gasteiger partial charge on any atom is -0.379 e. The van der Waals surface area contributed by atoms with Crippen LogP contribution >= 0.6 is 11.3 Å². The number of thiophene rings is 1. The standard InChI is InChI=1S/C10H14FNOS/c11-7-10(9-1-6-14-8-9)12-2-4-13-5-3-12/h1,6,8,10H,2-5,7H2/t10-/m0/s1. The van der Waals surface area contributed by atoms with Gasteiger partial charge in [0.2, 0.25) is 0 Å². The molecule has 0 aliphatic carbocycles. The molecular formula is C10H14FNOS. The molecule has 1 aliphatic heterocycles. The summed E-state index contributed by atoms with van der Waals surface area (Å²) >= 11 is 1.62. The summed E-state index contributed by atoms with van der Waals surface area (Å²) in [6.07, 6.45) is 0. The molecule has 0 aromatic carbocycles. The summed E-state index contributed by atoms with van der Waals surface area (Å²) in [5.41, 5.74) is 1.10. The van der Waals surface area contributed by atoms with Gasteiger partial charge in [-0.1, -0.05) is 0 Å². The first-order valence-electron chi connectivity index (χ1n) is 4.81. The molecule has 1 atom stereocenters. The monoisotopic (exact) mass is 215 g/mol. The van der Waals surface area contributed by atoms with Crippen LogP contribution in [0.2, 0.25) is 0 Å². The van der Waals surface area contributed by atoms with Crippen LogP contribution < -0.4 is 0 Å². The van der Waals surface area contributed by atoms with E-state index in [2.05, 4.69) is 4.90 Å². The lowest BCUT2D eigenvalue weighted by Gasteiger charge is -2.32. The second-order valence-electron chi connectivity index (χ2n) is 3.38. The maximum atomic E-state index is 12.9. The van der Waals surface area contributed by atoms with E-state index >= 15 is 0 Å². The Morgan fingerprint density at radius 1 is 1.50 bits per heavy atom. The summed E-state index contributed by atoms with van der Waals surface area (Å²) in [7, 11) is 0. The fraction of sp³-hybridized carbons (Fsp3) is 0.600. The Kier molecular flexibility index (Phi) is 3.50. The summed E-state index contributed by atoms with van der Waals surface area (Å²) in [6.45, 7) is 2.81. The first kappa shape index (κ1) is 10.1. The van der Waals surface area contributed by atoms with E-state index in [0.29, 0.717) is 0 Å². The predicted molar refractivity (Wildman–Crippen MR) is 55.4 cm³/mol. The van der Waals surface area contributed by atoms with E-state index in [4.69, 9.17) is 4.74 Å². The molecule has 1 aromatic heterocycles. The lowest BCUT2D eigenvalue weighted by Crippen LogP contribution is -2.39. The minimum absolute atomic E-state index is 0.0647. The fourth-order valence-corrected chi connectivity index (χ4v) is 2.46. The molecule has 78 valence electrons. The molecule has 0 unspecified atom stereocenters. The molecule has 2 rings (SSSR count). The van der Waals surface area contributed by atoms with Crippen molar-refractivity contribution in [1.82, 2.24) is 4.90 Å². The highest BCUT2D eigenvalue weighted by molar-refractivity contribution is 7.07. The van der Waals surface area contributed by atoms with Gasteiger partial charge in [0.05, 0.1) is 19.3 Å². The molecule has 0 spiro atoms. The zero-order chi connectivity index (χ0) is 9.80. The van der Waals surface area contributed by atoms with Gasteiger partial charge in [-0.25, -0.2) is 4.39 Å². The topological polar surface area (TPSA) is 12.5 Å². The molecule has 1 saturated heterocycles. The van der Waals surface area contributed by atoms with Gasteiger partial charge in [-0.15, -0.1) is 0 Å². The van der Waals surface area contributed by atoms with Gasteiger partial charge in [0.15, 0.2) is 0 Å². The summed E-state index contributed by atoms with van der Waals surface area (Å²) in [5.74, 6) is 0. The van der Waals surface area contributed by atoms with E-state index in [0.717, 1.165) is 31.9 Å². The van der Waals surface area contributed by atoms with Gasteiger partial charge >= 0.3 is 0 Å². The zero-order valence-corrected chi connectivity index (χ0v) is 8.80. The van der Waals surface area contributed by atoms with Crippen LogP contribution in [0.25, 0.3) is 0 Å². The highest BCUT2D eigenvalue weighted by Crippen LogP contribution is 2.24. The Hall–Kier alpha value is -0.450. The predicted octanol–water partition coefficient (Wildman–Crippen LogP) is 2.09. The second-order valence-corrected chi connectivity index (χ2v) is 4.16. The summed E-state index contributed by atoms with van der Waals surface area (Å²) < 4.78 is 18.2. The van der Waals surface area contributed by atoms with Gasteiger partial charge in [-0.3, -0.25) is 4.90 Å². The molecule has 0 N–H and O–H groups in total. The van der Waals surface area contributed by atoms with Crippen molar-refractivity contribution in [2.45, 2.75) is 6.04 Å². The number of halogens is 1. The quantitative estimate of drug-likeness (QED) is 0.765. The van der Waals surface area contributed by atoms with E-state index in [9.17, 15) is 4.39 Å². The third-order valence-corrected chi connectivity index (χ3v) is 3.26. The van der Waals surface area contributed by atoms with Crippen molar-refractivity contribution in [2.24, 2.45) is 0 Å². The molecule has 2 heterocycles. The number of nitrogens with zero attached hydrogens (tertiary/aromatic N) is 1. The Balaban J connectivity index is 2.04. The summed E-state index contributed by atoms with van der Waals surface area (Å²) in [5, 5.41) is 4.03. The minimum atomic E-state index is -0.309. The fourth-order valence-electron chi connectivity index (χ4n) is 1.75. The molecule has 14 heavy (non-hydrogen) atoms. The normalized spacial score (nSPS) is 20.9. The largest absolute Gasteiger partial charge is 0.379 e. The van der Waals surface area contributed by atoms with E-state index in [1.54, 1.807) is 11.3 Å². The van der Waals surface area contributed by atoms with Crippen LogP contribution in [-0.4, -0.2) is 37.9 Å². The lowest BCUT2D eigenvalue weighted by molar-refractivity contribution is 0.0109. The number of morpholine rings is 1. The van der Waals surface area contributed by atoms with Crippen molar-refractivity contribution in [3.05, 3.63) is 22.4 Å². The SMILES string of the molecule is FC[C@@H](c1ccsc1)N1CCOCC1. The van der Waals surface area contributed by atoms with Crippen molar-refractivity contribution >= 4 is 11.3 Å². The Morgan fingerprint density at radius 3 is 2.86 bits per heavy atom. The maximum absolute atomic E-state index is 12.9. The Labute approximate surface area is 87.3 Å². The summed E-state index contributed by atoms with van der Waals surface area (Å²) in [6, 6.07) is 1.94. The summed E-state index contributed by atoms with van der Waals surface area (Å²) in [4.78, 5) is 2.16. The van der Waals surface area contributed by atoms with Crippen molar-refractivity contribution in [2.75, 3.05) is 33.0 Å². The van der Waals surface area contributed by atoms with E-state index < -0.39 is 0 Å². The molecule has 1 aromatic rings. The van der Waals surface area contributed by atoms with Gasteiger partial charge in [0.25, 0.3) is 0 Å². The first-order valence-corrected chi connectivity index (χ1v) is 5.76. The zero-order valence-electron chi connectivity index (χ0n) is 7.99. The molecule has 0 saturated carbocycles. The maximum Gasteiger partial charge on any atom is 0.109 e. The third kappa shape index (κ3) is 2.13. The number of rotatable bonds is 3. The van der Waals surface area contributed by atoms with Gasteiger partial charge in [0.1, 0.15) is 6.67 Å². The van der Waals surface area contributed by atoms with Gasteiger partial charge in [-0.05, 0) is 22.4 Å². The van der Waals surface area contributed by atoms with Crippen molar-refractivity contribution in [3.63, 3.8) is 0 Å². The molecule has 0 bridgehead atoms. The number of hydrogen-bond acceptors (Lipinski definition) is 3. The number of hydrogen-bond donors (Lipinski definition) is 0. The highest BCUT2D eigenvalue weighted by Gasteiger charge is 2.22. The third-order valence-electron chi connectivity index (χ3n) is 2.56. The molecule has 2 nitrogen and oxygen atoms in total. The van der Waals surface area contributed by atoms with E-state index in [1.165, 1.54) is 0 Å². The van der Waals surface area contributed by atoms with Crippen molar-refractivity contribution in [3.8, 4) is 0 Å². The van der Waals surface area contributed by atoms with Crippen molar-refractivity contribution in [1.29, 1.82) is 0 Å². The smallest absolute Gasteiger partial charge is 0.109 e. The van der Waals surface area contributed by atoms with Crippen LogP contribution in [0.15, 0.2) is 16.8 Å². The molecule has 0 amide bonds. The molecule has 1 aliphatic rings. The Morgan fingerprint density at radius 2 is 2.29 bits per heavy atom. The van der Waals surface area contributed by atoms with Crippen LogP contribution in [0.1, 0.15) is 11.6 Å². The molecular weight excluding hydrogens is 201 g/mol. The van der Waals surface area contributed by atoms with Crippen molar-refractivity contribution < 1.29 is 9.13 Å². The van der Waals surface area contributed by atoms with Crippen LogP contribution in [0.3, 0.4) is 0 Å². The van der Waals surface area contributed by atoms with Crippen LogP contribution in [0.5, 0.6) is 0 Å². The Bertz CT molecular complexity index is 259. The van der Waals surface area contributed by atoms with Gasteiger partial charge in [-0.2, -0.15) is 11.3 Å². The average Bonchev–Trinajstić information content (AvgIpc) is 2.74. The van der Waals surface area contributed by atoms with E-state index in [-0.39, 0.29) is 12.7 Å². The van der Waals surface area contributed by atoms with Crippen LogP contribution in [0.4, 0.5) is 4.39 Å². The molecule has 0 radical (unpaired) electrons. The highest BCUT2D eigenvalue weighted by atomic mass is 32.1. The molecule has 1 fully saturated rings.